The summed E-state index contributed by atoms with van der Waals surface area (Å²) in [5.74, 6) is 6.51. The van der Waals surface area contributed by atoms with Crippen LogP contribution < -0.4 is 21.5 Å². The molecule has 2 aromatic carbocycles. The van der Waals surface area contributed by atoms with E-state index in [-0.39, 0.29) is 22.5 Å². The average molecular weight is 440 g/mol. The standard InChI is InChI=1S/C22H25N5O3S/c1-4-30-17-8-6-16(7-9-17)12-19-21(29)27(23)22(26-25-19)31-13-20(28)24-18-10-5-14(2)11-15(18)3/h5-11H,4,12-13,23H2,1-3H3,(H,24,28). The molecule has 0 aliphatic rings. The SMILES string of the molecule is CCOc1ccc(Cc2nnc(SCC(=O)Nc3ccc(C)cc3C)n(N)c2=O)cc1. The van der Waals surface area contributed by atoms with Crippen molar-refractivity contribution in [3.8, 4) is 5.75 Å². The van der Waals surface area contributed by atoms with Crippen LogP contribution in [0.4, 0.5) is 5.69 Å². The summed E-state index contributed by atoms with van der Waals surface area (Å²) in [7, 11) is 0. The molecule has 0 aliphatic carbocycles. The minimum Gasteiger partial charge on any atom is -0.494 e. The Kier molecular flexibility index (Phi) is 7.30. The first kappa shape index (κ1) is 22.4. The third-order valence-corrected chi connectivity index (χ3v) is 5.47. The molecular weight excluding hydrogens is 414 g/mol. The Balaban J connectivity index is 1.63. The molecule has 1 aromatic heterocycles. The van der Waals surface area contributed by atoms with Gasteiger partial charge in [-0.25, -0.2) is 0 Å². The van der Waals surface area contributed by atoms with E-state index in [1.165, 1.54) is 0 Å². The predicted octanol–water partition coefficient (Wildman–Crippen LogP) is 2.69. The van der Waals surface area contributed by atoms with Crippen molar-refractivity contribution in [3.63, 3.8) is 0 Å². The van der Waals surface area contributed by atoms with Gasteiger partial charge in [0.2, 0.25) is 11.1 Å². The van der Waals surface area contributed by atoms with Gasteiger partial charge in [-0.15, -0.1) is 10.2 Å². The number of amides is 1. The molecule has 3 rings (SSSR count). The molecule has 0 atom stereocenters. The number of nitrogens with two attached hydrogens (primary N) is 1. The molecule has 1 heterocycles. The van der Waals surface area contributed by atoms with Crippen LogP contribution in [0, 0.1) is 13.8 Å². The predicted molar refractivity (Wildman–Crippen MR) is 122 cm³/mol. The number of rotatable bonds is 8. The number of anilines is 1. The van der Waals surface area contributed by atoms with Gasteiger partial charge in [0.05, 0.1) is 12.4 Å². The summed E-state index contributed by atoms with van der Waals surface area (Å²) in [6.45, 7) is 6.43. The van der Waals surface area contributed by atoms with Crippen molar-refractivity contribution < 1.29 is 9.53 Å². The lowest BCUT2D eigenvalue weighted by Crippen LogP contribution is -2.34. The molecule has 162 valence electrons. The van der Waals surface area contributed by atoms with Crippen molar-refractivity contribution in [2.75, 3.05) is 23.5 Å². The highest BCUT2D eigenvalue weighted by Crippen LogP contribution is 2.18. The topological polar surface area (TPSA) is 112 Å². The lowest BCUT2D eigenvalue weighted by atomic mass is 10.1. The average Bonchev–Trinajstić information content (AvgIpc) is 2.74. The van der Waals surface area contributed by atoms with Crippen molar-refractivity contribution in [2.45, 2.75) is 32.3 Å². The Labute approximate surface area is 184 Å². The molecule has 1 amide bonds. The van der Waals surface area contributed by atoms with Gasteiger partial charge in [-0.3, -0.25) is 9.59 Å². The van der Waals surface area contributed by atoms with Gasteiger partial charge in [0.15, 0.2) is 0 Å². The number of carbonyl (C=O) groups is 1. The van der Waals surface area contributed by atoms with Gasteiger partial charge in [0.1, 0.15) is 11.4 Å². The van der Waals surface area contributed by atoms with Gasteiger partial charge in [0, 0.05) is 12.1 Å². The number of aryl methyl sites for hydroxylation is 2. The van der Waals surface area contributed by atoms with Crippen LogP contribution in [0.2, 0.25) is 0 Å². The Hall–Kier alpha value is -3.33. The van der Waals surface area contributed by atoms with Crippen LogP contribution in [0.25, 0.3) is 0 Å². The summed E-state index contributed by atoms with van der Waals surface area (Å²) in [4.78, 5) is 24.9. The van der Waals surface area contributed by atoms with E-state index in [2.05, 4.69) is 15.5 Å². The summed E-state index contributed by atoms with van der Waals surface area (Å²) in [5.41, 5.74) is 3.53. The number of hydrogen-bond donors (Lipinski definition) is 2. The Morgan fingerprint density at radius 3 is 2.58 bits per heavy atom. The molecule has 0 spiro atoms. The van der Waals surface area contributed by atoms with E-state index >= 15 is 0 Å². The van der Waals surface area contributed by atoms with Crippen LogP contribution in [0.3, 0.4) is 0 Å². The number of aromatic nitrogens is 3. The van der Waals surface area contributed by atoms with Gasteiger partial charge in [-0.05, 0) is 50.1 Å². The van der Waals surface area contributed by atoms with Crippen LogP contribution in [-0.2, 0) is 11.2 Å². The molecule has 9 heteroatoms. The maximum Gasteiger partial charge on any atom is 0.294 e. The summed E-state index contributed by atoms with van der Waals surface area (Å²) in [5, 5.41) is 11.1. The van der Waals surface area contributed by atoms with Gasteiger partial charge in [-0.2, -0.15) is 4.68 Å². The van der Waals surface area contributed by atoms with Crippen LogP contribution in [0.5, 0.6) is 5.75 Å². The molecule has 31 heavy (non-hydrogen) atoms. The zero-order valence-corrected chi connectivity index (χ0v) is 18.5. The minimum atomic E-state index is -0.443. The van der Waals surface area contributed by atoms with E-state index in [0.29, 0.717) is 13.0 Å². The first-order valence-electron chi connectivity index (χ1n) is 9.82. The van der Waals surface area contributed by atoms with E-state index in [0.717, 1.165) is 44.6 Å². The molecule has 3 aromatic rings. The minimum absolute atomic E-state index is 0.0525. The van der Waals surface area contributed by atoms with Crippen molar-refractivity contribution in [2.24, 2.45) is 0 Å². The van der Waals surface area contributed by atoms with Gasteiger partial charge in [-0.1, -0.05) is 41.6 Å². The smallest absolute Gasteiger partial charge is 0.294 e. The molecule has 0 radical (unpaired) electrons. The van der Waals surface area contributed by atoms with Gasteiger partial charge in [0.25, 0.3) is 5.56 Å². The molecule has 0 unspecified atom stereocenters. The van der Waals surface area contributed by atoms with E-state index in [1.54, 1.807) is 0 Å². The van der Waals surface area contributed by atoms with E-state index < -0.39 is 5.56 Å². The highest BCUT2D eigenvalue weighted by Gasteiger charge is 2.14. The van der Waals surface area contributed by atoms with Crippen LogP contribution >= 0.6 is 11.8 Å². The van der Waals surface area contributed by atoms with Crippen molar-refractivity contribution in [3.05, 3.63) is 75.2 Å². The third kappa shape index (κ3) is 5.85. The fourth-order valence-corrected chi connectivity index (χ4v) is 3.62. The summed E-state index contributed by atoms with van der Waals surface area (Å²) < 4.78 is 6.35. The molecular formula is C22H25N5O3S. The fourth-order valence-electron chi connectivity index (χ4n) is 2.96. The number of nitrogen functional groups attached to an aromatic ring is 1. The molecule has 3 N–H and O–H groups in total. The van der Waals surface area contributed by atoms with Crippen LogP contribution in [0.15, 0.2) is 52.4 Å². The van der Waals surface area contributed by atoms with Crippen LogP contribution in [-0.4, -0.2) is 33.1 Å². The Morgan fingerprint density at radius 1 is 1.16 bits per heavy atom. The monoisotopic (exact) mass is 439 g/mol. The fraction of sp³-hybridized carbons (Fsp3) is 0.273. The number of nitrogens with one attached hydrogen (secondary N) is 1. The van der Waals surface area contributed by atoms with Crippen molar-refractivity contribution in [1.29, 1.82) is 0 Å². The molecule has 0 saturated carbocycles. The number of hydrogen-bond acceptors (Lipinski definition) is 7. The highest BCUT2D eigenvalue weighted by atomic mass is 32.2. The number of carbonyl (C=O) groups excluding carboxylic acids is 1. The quantitative estimate of drug-likeness (QED) is 0.410. The van der Waals surface area contributed by atoms with Crippen molar-refractivity contribution in [1.82, 2.24) is 14.9 Å². The number of nitrogens with zero attached hydrogens (tertiary/aromatic N) is 3. The Morgan fingerprint density at radius 2 is 1.90 bits per heavy atom. The van der Waals surface area contributed by atoms with Crippen molar-refractivity contribution >= 4 is 23.4 Å². The summed E-state index contributed by atoms with van der Waals surface area (Å²) >= 11 is 1.06. The number of benzene rings is 2. The number of thioether (sulfide) groups is 1. The second-order valence-corrected chi connectivity index (χ2v) is 7.96. The third-order valence-electron chi connectivity index (χ3n) is 4.52. The maximum absolute atomic E-state index is 12.6. The zero-order valence-electron chi connectivity index (χ0n) is 17.7. The zero-order chi connectivity index (χ0) is 22.4. The Bertz CT molecular complexity index is 1130. The molecule has 0 aliphatic heterocycles. The highest BCUT2D eigenvalue weighted by molar-refractivity contribution is 7.99. The summed E-state index contributed by atoms with van der Waals surface area (Å²) in [6, 6.07) is 13.2. The lowest BCUT2D eigenvalue weighted by molar-refractivity contribution is -0.113. The second kappa shape index (κ2) is 10.1. The van der Waals surface area contributed by atoms with E-state index in [1.807, 2.05) is 63.2 Å². The maximum atomic E-state index is 12.6. The molecule has 0 saturated heterocycles. The van der Waals surface area contributed by atoms with Crippen LogP contribution in [0.1, 0.15) is 29.3 Å². The number of ether oxygens (including phenoxy) is 1. The second-order valence-electron chi connectivity index (χ2n) is 7.01. The van der Waals surface area contributed by atoms with Gasteiger partial charge >= 0.3 is 0 Å². The molecule has 0 bridgehead atoms. The van der Waals surface area contributed by atoms with E-state index in [4.69, 9.17) is 10.6 Å². The molecule has 8 nitrogen and oxygen atoms in total. The normalized spacial score (nSPS) is 10.7. The molecule has 0 fully saturated rings. The lowest BCUT2D eigenvalue weighted by Gasteiger charge is -2.10. The first-order chi connectivity index (χ1) is 14.9. The first-order valence-corrected chi connectivity index (χ1v) is 10.8. The van der Waals surface area contributed by atoms with E-state index in [9.17, 15) is 9.59 Å². The largest absolute Gasteiger partial charge is 0.494 e. The van der Waals surface area contributed by atoms with Gasteiger partial charge < -0.3 is 15.9 Å². The summed E-state index contributed by atoms with van der Waals surface area (Å²) in [6.07, 6.45) is 0.299.